The Hall–Kier alpha value is -2.99. The Morgan fingerprint density at radius 3 is 2.64 bits per heavy atom. The first kappa shape index (κ1) is 18.4. The van der Waals surface area contributed by atoms with Gasteiger partial charge in [0, 0.05) is 19.4 Å². The largest absolute Gasteiger partial charge is 0.333 e. The molecule has 1 fully saturated rings. The van der Waals surface area contributed by atoms with E-state index in [9.17, 15) is 9.59 Å². The third-order valence-corrected chi connectivity index (χ3v) is 5.77. The van der Waals surface area contributed by atoms with Gasteiger partial charge in [0.15, 0.2) is 16.4 Å². The molecule has 3 amide bonds. The number of carbonyl (C=O) groups excluding carboxylic acids is 2. The third-order valence-electron chi connectivity index (χ3n) is 5.13. The van der Waals surface area contributed by atoms with Gasteiger partial charge in [-0.1, -0.05) is 5.92 Å². The fourth-order valence-corrected chi connectivity index (χ4v) is 4.24. The second-order valence-corrected chi connectivity index (χ2v) is 7.39. The van der Waals surface area contributed by atoms with Gasteiger partial charge in [0.05, 0.1) is 23.3 Å². The SMILES string of the molecule is CC#CCN1C(Br)=NC2(C)C1C(=O)N(c1ccc3nccnc3c1)C(=O)N2C. The molecule has 8 nitrogen and oxygen atoms in total. The van der Waals surface area contributed by atoms with Crippen molar-refractivity contribution in [3.8, 4) is 11.8 Å². The first-order chi connectivity index (χ1) is 13.4. The van der Waals surface area contributed by atoms with Crippen LogP contribution < -0.4 is 4.90 Å². The maximum absolute atomic E-state index is 13.5. The molecule has 0 N–H and O–H groups in total. The van der Waals surface area contributed by atoms with Gasteiger partial charge in [-0.15, -0.1) is 5.92 Å². The molecule has 9 heteroatoms. The molecular formula is C19H17BrN6O2. The van der Waals surface area contributed by atoms with Crippen LogP contribution in [0.15, 0.2) is 35.6 Å². The number of fused-ring (bicyclic) bond motifs is 2. The van der Waals surface area contributed by atoms with Crippen molar-refractivity contribution in [2.24, 2.45) is 4.99 Å². The molecule has 0 aliphatic carbocycles. The maximum atomic E-state index is 13.5. The smallest absolute Gasteiger partial charge is 0.324 e. The van der Waals surface area contributed by atoms with E-state index < -0.39 is 17.7 Å². The van der Waals surface area contributed by atoms with Gasteiger partial charge in [-0.2, -0.15) is 0 Å². The van der Waals surface area contributed by atoms with Gasteiger partial charge < -0.3 is 4.90 Å². The molecule has 28 heavy (non-hydrogen) atoms. The van der Waals surface area contributed by atoms with E-state index in [1.54, 1.807) is 56.4 Å². The number of aromatic nitrogens is 2. The minimum atomic E-state index is -1.02. The van der Waals surface area contributed by atoms with E-state index in [2.05, 4.69) is 42.7 Å². The zero-order chi connectivity index (χ0) is 20.1. The molecule has 3 heterocycles. The van der Waals surface area contributed by atoms with E-state index >= 15 is 0 Å². The van der Waals surface area contributed by atoms with Gasteiger partial charge in [-0.3, -0.25) is 19.7 Å². The number of likely N-dealkylation sites (N-methyl/N-ethyl adjacent to an activating group) is 1. The number of urea groups is 1. The number of carbonyl (C=O) groups is 2. The molecular weight excluding hydrogens is 424 g/mol. The topological polar surface area (TPSA) is 82.0 Å². The summed E-state index contributed by atoms with van der Waals surface area (Å²) in [7, 11) is 1.65. The number of amides is 3. The van der Waals surface area contributed by atoms with Crippen molar-refractivity contribution in [2.75, 3.05) is 18.5 Å². The molecule has 142 valence electrons. The second-order valence-electron chi connectivity index (χ2n) is 6.68. The Bertz CT molecular complexity index is 1090. The molecule has 0 radical (unpaired) electrons. The lowest BCUT2D eigenvalue weighted by Gasteiger charge is -2.46. The first-order valence-electron chi connectivity index (χ1n) is 8.62. The molecule has 1 aromatic carbocycles. The van der Waals surface area contributed by atoms with Gasteiger partial charge in [0.25, 0.3) is 5.91 Å². The van der Waals surface area contributed by atoms with E-state index in [-0.39, 0.29) is 5.91 Å². The summed E-state index contributed by atoms with van der Waals surface area (Å²) in [5.41, 5.74) is 0.721. The Labute approximate surface area is 170 Å². The summed E-state index contributed by atoms with van der Waals surface area (Å²) in [5.74, 6) is 5.45. The summed E-state index contributed by atoms with van der Waals surface area (Å²) in [5, 5.41) is 0. The van der Waals surface area contributed by atoms with Crippen LogP contribution in [0, 0.1) is 11.8 Å². The molecule has 2 aliphatic rings. The molecule has 2 aliphatic heterocycles. The molecule has 0 bridgehead atoms. The molecule has 0 saturated carbocycles. The van der Waals surface area contributed by atoms with Gasteiger partial charge in [-0.05, 0) is 48.0 Å². The van der Waals surface area contributed by atoms with Gasteiger partial charge in [0.1, 0.15) is 0 Å². The van der Waals surface area contributed by atoms with Gasteiger partial charge in [-0.25, -0.2) is 14.7 Å². The molecule has 2 unspecified atom stereocenters. The number of anilines is 1. The summed E-state index contributed by atoms with van der Waals surface area (Å²) in [4.78, 5) is 44.1. The normalized spacial score (nSPS) is 24.2. The Morgan fingerprint density at radius 2 is 1.93 bits per heavy atom. The van der Waals surface area contributed by atoms with Gasteiger partial charge >= 0.3 is 6.03 Å². The summed E-state index contributed by atoms with van der Waals surface area (Å²) in [6.45, 7) is 3.84. The number of benzene rings is 1. The van der Waals surface area contributed by atoms with Crippen molar-refractivity contribution >= 4 is 49.3 Å². The standard InChI is InChI=1S/C19H17BrN6O2/c1-4-5-10-25-15-16(27)26(18(28)24(3)19(15,2)23-17(25)20)12-6-7-13-14(11-12)22-9-8-21-13/h6-9,11,15H,10H2,1-3H3. The zero-order valence-corrected chi connectivity index (χ0v) is 17.1. The maximum Gasteiger partial charge on any atom is 0.333 e. The van der Waals surface area contributed by atoms with E-state index in [0.29, 0.717) is 28.0 Å². The highest BCUT2D eigenvalue weighted by Gasteiger charge is 2.59. The predicted molar refractivity (Wildman–Crippen MR) is 109 cm³/mol. The van der Waals surface area contributed by atoms with Crippen LogP contribution in [0.4, 0.5) is 10.5 Å². The first-order valence-corrected chi connectivity index (χ1v) is 9.42. The van der Waals surface area contributed by atoms with Crippen molar-refractivity contribution < 1.29 is 9.59 Å². The van der Waals surface area contributed by atoms with Crippen LogP contribution >= 0.6 is 15.9 Å². The fourth-order valence-electron chi connectivity index (χ4n) is 3.55. The quantitative estimate of drug-likeness (QED) is 0.527. The highest BCUT2D eigenvalue weighted by molar-refractivity contribution is 9.18. The number of hydrogen-bond acceptors (Lipinski definition) is 6. The summed E-state index contributed by atoms with van der Waals surface area (Å²) >= 11 is 3.43. The highest BCUT2D eigenvalue weighted by atomic mass is 79.9. The van der Waals surface area contributed by atoms with Crippen molar-refractivity contribution in [1.29, 1.82) is 0 Å². The number of halogens is 1. The minimum Gasteiger partial charge on any atom is -0.324 e. The molecule has 2 aromatic rings. The van der Waals surface area contributed by atoms with Gasteiger partial charge in [0.2, 0.25) is 0 Å². The van der Waals surface area contributed by atoms with Crippen LogP contribution in [0.2, 0.25) is 0 Å². The Balaban J connectivity index is 1.80. The Morgan fingerprint density at radius 1 is 1.21 bits per heavy atom. The minimum absolute atomic E-state index is 0.325. The number of imide groups is 1. The van der Waals surface area contributed by atoms with Crippen molar-refractivity contribution in [2.45, 2.75) is 25.6 Å². The van der Waals surface area contributed by atoms with E-state index in [4.69, 9.17) is 0 Å². The van der Waals surface area contributed by atoms with Crippen LogP contribution in [0.25, 0.3) is 11.0 Å². The molecule has 1 aromatic heterocycles. The van der Waals surface area contributed by atoms with Crippen molar-refractivity contribution in [3.05, 3.63) is 30.6 Å². The fraction of sp³-hybridized carbons (Fsp3) is 0.316. The number of aliphatic imine (C=N–C) groups is 1. The van der Waals surface area contributed by atoms with Crippen LogP contribution in [0.5, 0.6) is 0 Å². The predicted octanol–water partition coefficient (Wildman–Crippen LogP) is 2.20. The zero-order valence-electron chi connectivity index (χ0n) is 15.5. The number of amidine groups is 1. The van der Waals surface area contributed by atoms with Crippen molar-refractivity contribution in [3.63, 3.8) is 0 Å². The number of nitrogens with zero attached hydrogens (tertiary/aromatic N) is 6. The summed E-state index contributed by atoms with van der Waals surface area (Å²) in [6.07, 6.45) is 3.17. The molecule has 4 rings (SSSR count). The molecule has 1 saturated heterocycles. The summed E-state index contributed by atoms with van der Waals surface area (Å²) in [6, 6.07) is 4.00. The van der Waals surface area contributed by atoms with Crippen LogP contribution in [0.1, 0.15) is 13.8 Å². The lowest BCUT2D eigenvalue weighted by Crippen LogP contribution is -2.70. The third kappa shape index (κ3) is 2.56. The lowest BCUT2D eigenvalue weighted by molar-refractivity contribution is -0.126. The van der Waals surface area contributed by atoms with E-state index in [1.165, 1.54) is 9.80 Å². The number of hydrogen-bond donors (Lipinski definition) is 0. The average molecular weight is 441 g/mol. The van der Waals surface area contributed by atoms with Crippen LogP contribution in [-0.2, 0) is 4.79 Å². The van der Waals surface area contributed by atoms with E-state index in [1.807, 2.05) is 0 Å². The second kappa shape index (κ2) is 6.56. The highest BCUT2D eigenvalue weighted by Crippen LogP contribution is 2.39. The van der Waals surface area contributed by atoms with Crippen molar-refractivity contribution in [1.82, 2.24) is 19.8 Å². The van der Waals surface area contributed by atoms with E-state index in [0.717, 1.165) is 0 Å². The Kier molecular flexibility index (Phi) is 4.31. The monoisotopic (exact) mass is 440 g/mol. The molecule has 0 spiro atoms. The van der Waals surface area contributed by atoms with Crippen LogP contribution in [0.3, 0.4) is 0 Å². The average Bonchev–Trinajstić information content (AvgIpc) is 2.95. The summed E-state index contributed by atoms with van der Waals surface area (Å²) < 4.78 is 0.502. The lowest BCUT2D eigenvalue weighted by atomic mass is 9.96. The van der Waals surface area contributed by atoms with Crippen LogP contribution in [-0.4, -0.2) is 61.7 Å². The molecule has 2 atom stereocenters. The number of rotatable bonds is 2.